The molecule has 4 nitrogen and oxygen atoms in total. The molecule has 1 aromatic carbocycles. The van der Waals surface area contributed by atoms with E-state index in [0.29, 0.717) is 24.4 Å². The first kappa shape index (κ1) is 15.3. The molecule has 4 heteroatoms. The largest absolute Gasteiger partial charge is 0.497 e. The van der Waals surface area contributed by atoms with Crippen LogP contribution in [-0.4, -0.2) is 43.1 Å². The van der Waals surface area contributed by atoms with Crippen LogP contribution in [-0.2, 0) is 11.2 Å². The van der Waals surface area contributed by atoms with Crippen molar-refractivity contribution in [1.82, 2.24) is 10.2 Å². The Labute approximate surface area is 132 Å². The smallest absolute Gasteiger partial charge is 0.223 e. The molecule has 3 rings (SSSR count). The first-order valence-corrected chi connectivity index (χ1v) is 8.43. The third-order valence-corrected chi connectivity index (χ3v) is 4.96. The van der Waals surface area contributed by atoms with Crippen LogP contribution in [0.3, 0.4) is 0 Å². The molecule has 0 aliphatic carbocycles. The quantitative estimate of drug-likeness (QED) is 0.908. The van der Waals surface area contributed by atoms with Gasteiger partial charge in [-0.15, -0.1) is 0 Å². The number of rotatable bonds is 5. The van der Waals surface area contributed by atoms with Crippen molar-refractivity contribution in [3.63, 3.8) is 0 Å². The average molecular weight is 302 g/mol. The lowest BCUT2D eigenvalue weighted by molar-refractivity contribution is -0.133. The minimum Gasteiger partial charge on any atom is -0.497 e. The van der Waals surface area contributed by atoms with Crippen molar-refractivity contribution in [2.45, 2.75) is 50.6 Å². The van der Waals surface area contributed by atoms with Gasteiger partial charge in [0.2, 0.25) is 5.91 Å². The number of methoxy groups -OCH3 is 1. The fraction of sp³-hybridized carbons (Fsp3) is 0.611. The summed E-state index contributed by atoms with van der Waals surface area (Å²) in [5.41, 5.74) is 1.27. The lowest BCUT2D eigenvalue weighted by Gasteiger charge is -2.28. The monoisotopic (exact) mass is 302 g/mol. The lowest BCUT2D eigenvalue weighted by atomic mass is 10.1. The Morgan fingerprint density at radius 2 is 2.00 bits per heavy atom. The van der Waals surface area contributed by atoms with Crippen molar-refractivity contribution in [3.8, 4) is 5.75 Å². The zero-order chi connectivity index (χ0) is 15.4. The minimum absolute atomic E-state index is 0.352. The molecule has 0 saturated carbocycles. The van der Waals surface area contributed by atoms with E-state index in [2.05, 4.69) is 22.3 Å². The fourth-order valence-electron chi connectivity index (χ4n) is 3.75. The molecule has 0 spiro atoms. The predicted molar refractivity (Wildman–Crippen MR) is 87.1 cm³/mol. The summed E-state index contributed by atoms with van der Waals surface area (Å²) in [7, 11) is 1.68. The minimum atomic E-state index is 0.352. The van der Waals surface area contributed by atoms with Crippen LogP contribution in [0.2, 0.25) is 0 Å². The summed E-state index contributed by atoms with van der Waals surface area (Å²) in [5.74, 6) is 1.23. The van der Waals surface area contributed by atoms with Gasteiger partial charge in [0.15, 0.2) is 0 Å². The van der Waals surface area contributed by atoms with Gasteiger partial charge in [-0.3, -0.25) is 4.79 Å². The van der Waals surface area contributed by atoms with Gasteiger partial charge >= 0.3 is 0 Å². The molecule has 2 atom stereocenters. The predicted octanol–water partition coefficient (Wildman–Crippen LogP) is 2.37. The van der Waals surface area contributed by atoms with Crippen LogP contribution in [0.15, 0.2) is 24.3 Å². The summed E-state index contributed by atoms with van der Waals surface area (Å²) in [4.78, 5) is 14.8. The number of nitrogens with one attached hydrogen (secondary N) is 1. The summed E-state index contributed by atoms with van der Waals surface area (Å²) in [6, 6.07) is 9.05. The number of carbonyl (C=O) groups excluding carboxylic acids is 1. The van der Waals surface area contributed by atoms with Gasteiger partial charge < -0.3 is 15.0 Å². The molecule has 2 unspecified atom stereocenters. The van der Waals surface area contributed by atoms with E-state index in [1.165, 1.54) is 18.4 Å². The van der Waals surface area contributed by atoms with Crippen LogP contribution in [0.5, 0.6) is 5.75 Å². The summed E-state index contributed by atoms with van der Waals surface area (Å²) < 4.78 is 5.17. The first-order valence-electron chi connectivity index (χ1n) is 8.43. The molecular weight excluding hydrogens is 276 g/mol. The number of benzene rings is 1. The van der Waals surface area contributed by atoms with Gasteiger partial charge in [-0.1, -0.05) is 12.1 Å². The van der Waals surface area contributed by atoms with E-state index in [1.54, 1.807) is 7.11 Å². The van der Waals surface area contributed by atoms with Crippen molar-refractivity contribution in [2.24, 2.45) is 0 Å². The molecule has 2 aliphatic rings. The molecule has 22 heavy (non-hydrogen) atoms. The van der Waals surface area contributed by atoms with Crippen molar-refractivity contribution < 1.29 is 9.53 Å². The van der Waals surface area contributed by atoms with E-state index in [-0.39, 0.29) is 0 Å². The molecule has 2 saturated heterocycles. The van der Waals surface area contributed by atoms with Gasteiger partial charge in [0.1, 0.15) is 5.75 Å². The fourth-order valence-corrected chi connectivity index (χ4v) is 3.75. The van der Waals surface area contributed by atoms with Crippen LogP contribution in [0.25, 0.3) is 0 Å². The van der Waals surface area contributed by atoms with Crippen LogP contribution in [0, 0.1) is 0 Å². The number of aryl methyl sites for hydroxylation is 1. The van der Waals surface area contributed by atoms with Gasteiger partial charge in [0.05, 0.1) is 7.11 Å². The van der Waals surface area contributed by atoms with Crippen molar-refractivity contribution in [3.05, 3.63) is 29.8 Å². The van der Waals surface area contributed by atoms with Gasteiger partial charge in [0.25, 0.3) is 0 Å². The highest BCUT2D eigenvalue weighted by Gasteiger charge is 2.37. The van der Waals surface area contributed by atoms with Gasteiger partial charge in [0, 0.05) is 25.0 Å². The van der Waals surface area contributed by atoms with Crippen LogP contribution < -0.4 is 10.1 Å². The SMILES string of the molecule is COc1ccc(CCCC(=O)N2C3CCNCC2CC3)cc1. The highest BCUT2D eigenvalue weighted by atomic mass is 16.5. The maximum absolute atomic E-state index is 12.6. The Morgan fingerprint density at radius 3 is 2.77 bits per heavy atom. The van der Waals surface area contributed by atoms with E-state index in [4.69, 9.17) is 4.74 Å². The molecule has 1 aromatic rings. The van der Waals surface area contributed by atoms with Crippen LogP contribution in [0.4, 0.5) is 0 Å². The maximum Gasteiger partial charge on any atom is 0.223 e. The molecular formula is C18H26N2O2. The van der Waals surface area contributed by atoms with E-state index in [9.17, 15) is 4.79 Å². The molecule has 0 aromatic heterocycles. The number of carbonyl (C=O) groups is 1. The molecule has 120 valence electrons. The second-order valence-electron chi connectivity index (χ2n) is 6.38. The third kappa shape index (κ3) is 3.43. The Kier molecular flexibility index (Phi) is 4.98. The normalized spacial score (nSPS) is 24.1. The Morgan fingerprint density at radius 1 is 1.23 bits per heavy atom. The van der Waals surface area contributed by atoms with E-state index in [0.717, 1.165) is 38.1 Å². The van der Waals surface area contributed by atoms with E-state index in [1.807, 2.05) is 12.1 Å². The van der Waals surface area contributed by atoms with Crippen molar-refractivity contribution >= 4 is 5.91 Å². The molecule has 2 aliphatic heterocycles. The molecule has 2 bridgehead atoms. The zero-order valence-corrected chi connectivity index (χ0v) is 13.4. The van der Waals surface area contributed by atoms with Gasteiger partial charge in [-0.25, -0.2) is 0 Å². The summed E-state index contributed by atoms with van der Waals surface area (Å²) in [6.45, 7) is 2.03. The molecule has 1 amide bonds. The Balaban J connectivity index is 1.49. The number of ether oxygens (including phenoxy) is 1. The van der Waals surface area contributed by atoms with E-state index < -0.39 is 0 Å². The summed E-state index contributed by atoms with van der Waals surface area (Å²) >= 11 is 0. The topological polar surface area (TPSA) is 41.6 Å². The first-order chi connectivity index (χ1) is 10.8. The highest BCUT2D eigenvalue weighted by Crippen LogP contribution is 2.28. The molecule has 2 heterocycles. The lowest BCUT2D eigenvalue weighted by Crippen LogP contribution is -2.42. The number of hydrogen-bond acceptors (Lipinski definition) is 3. The van der Waals surface area contributed by atoms with Crippen molar-refractivity contribution in [1.29, 1.82) is 0 Å². The zero-order valence-electron chi connectivity index (χ0n) is 13.4. The maximum atomic E-state index is 12.6. The molecule has 1 N–H and O–H groups in total. The highest BCUT2D eigenvalue weighted by molar-refractivity contribution is 5.77. The average Bonchev–Trinajstić information content (AvgIpc) is 2.81. The third-order valence-electron chi connectivity index (χ3n) is 4.96. The standard InChI is InChI=1S/C18H26N2O2/c1-22-17-9-5-14(6-10-17)3-2-4-18(21)20-15-7-8-16(20)13-19-12-11-15/h5-6,9-10,15-16,19H,2-4,7-8,11-13H2,1H3. The summed E-state index contributed by atoms with van der Waals surface area (Å²) in [5, 5.41) is 3.45. The van der Waals surface area contributed by atoms with Crippen LogP contribution >= 0.6 is 0 Å². The number of fused-ring (bicyclic) bond motifs is 2. The van der Waals surface area contributed by atoms with Gasteiger partial charge in [-0.05, 0) is 56.3 Å². The Bertz CT molecular complexity index is 486. The van der Waals surface area contributed by atoms with Crippen molar-refractivity contribution in [2.75, 3.05) is 20.2 Å². The Hall–Kier alpha value is -1.55. The van der Waals surface area contributed by atoms with Gasteiger partial charge in [-0.2, -0.15) is 0 Å². The van der Waals surface area contributed by atoms with E-state index >= 15 is 0 Å². The molecule has 0 radical (unpaired) electrons. The number of nitrogens with zero attached hydrogens (tertiary/aromatic N) is 1. The number of hydrogen-bond donors (Lipinski definition) is 1. The molecule has 2 fully saturated rings. The summed E-state index contributed by atoms with van der Waals surface area (Å²) in [6.07, 6.45) is 6.02. The number of amides is 1. The second kappa shape index (κ2) is 7.14. The second-order valence-corrected chi connectivity index (χ2v) is 6.38. The van der Waals surface area contributed by atoms with Crippen LogP contribution in [0.1, 0.15) is 37.7 Å².